The Morgan fingerprint density at radius 2 is 1.75 bits per heavy atom. The Morgan fingerprint density at radius 3 is 2.12 bits per heavy atom. The molecule has 0 radical (unpaired) electrons. The topological polar surface area (TPSA) is 90.7 Å². The van der Waals surface area contributed by atoms with E-state index in [1.807, 2.05) is 0 Å². The molecule has 0 aliphatic carbocycles. The maximum absolute atomic E-state index is 9.47. The van der Waals surface area contributed by atoms with Gasteiger partial charge >= 0.3 is 0 Å². The molecule has 0 amide bonds. The van der Waals surface area contributed by atoms with Crippen LogP contribution in [0.3, 0.4) is 0 Å². The van der Waals surface area contributed by atoms with Gasteiger partial charge in [-0.3, -0.25) is 0 Å². The van der Waals surface area contributed by atoms with E-state index < -0.39 is 0 Å². The first-order chi connectivity index (χ1) is 7.63. The van der Waals surface area contributed by atoms with E-state index in [1.54, 1.807) is 0 Å². The number of benzene rings is 1. The van der Waals surface area contributed by atoms with Gasteiger partial charge in [0.1, 0.15) is 17.2 Å². The van der Waals surface area contributed by atoms with Crippen molar-refractivity contribution >= 4 is 0 Å². The largest absolute Gasteiger partial charge is 0.508 e. The van der Waals surface area contributed by atoms with Crippen LogP contribution < -0.4 is 20.9 Å². The lowest BCUT2D eigenvalue weighted by atomic mass is 10.0. The fraction of sp³-hybridized carbons (Fsp3) is 0.455. The van der Waals surface area contributed by atoms with E-state index in [1.165, 1.54) is 26.4 Å². The molecule has 1 atom stereocenters. The van der Waals surface area contributed by atoms with Gasteiger partial charge < -0.3 is 26.0 Å². The summed E-state index contributed by atoms with van der Waals surface area (Å²) >= 11 is 0. The van der Waals surface area contributed by atoms with Gasteiger partial charge in [-0.2, -0.15) is 0 Å². The number of hydrogen-bond acceptors (Lipinski definition) is 5. The molecule has 0 saturated heterocycles. The van der Waals surface area contributed by atoms with Crippen molar-refractivity contribution in [2.45, 2.75) is 12.5 Å². The molecule has 0 unspecified atom stereocenters. The summed E-state index contributed by atoms with van der Waals surface area (Å²) in [6.07, 6.45) is 0.623. The number of rotatable bonds is 5. The average Bonchev–Trinajstić information content (AvgIpc) is 2.27. The summed E-state index contributed by atoms with van der Waals surface area (Å²) in [7, 11) is 3.04. The molecule has 0 fully saturated rings. The lowest BCUT2D eigenvalue weighted by molar-refractivity contribution is 0.369. The van der Waals surface area contributed by atoms with Crippen molar-refractivity contribution < 1.29 is 14.6 Å². The van der Waals surface area contributed by atoms with E-state index in [0.717, 1.165) is 5.56 Å². The highest BCUT2D eigenvalue weighted by Gasteiger charge is 2.18. The van der Waals surface area contributed by atoms with E-state index in [9.17, 15) is 5.11 Å². The van der Waals surface area contributed by atoms with Gasteiger partial charge in [0.25, 0.3) is 0 Å². The average molecular weight is 226 g/mol. The Labute approximate surface area is 95.0 Å². The molecule has 0 bridgehead atoms. The number of nitrogens with two attached hydrogens (primary N) is 2. The molecule has 0 heterocycles. The van der Waals surface area contributed by atoms with Crippen LogP contribution in [-0.2, 0) is 0 Å². The van der Waals surface area contributed by atoms with Crippen molar-refractivity contribution in [1.29, 1.82) is 0 Å². The van der Waals surface area contributed by atoms with Crippen LogP contribution in [-0.4, -0.2) is 25.9 Å². The third kappa shape index (κ3) is 2.56. The molecular weight excluding hydrogens is 208 g/mol. The van der Waals surface area contributed by atoms with E-state index in [-0.39, 0.29) is 11.8 Å². The summed E-state index contributed by atoms with van der Waals surface area (Å²) < 4.78 is 10.4. The van der Waals surface area contributed by atoms with Crippen LogP contribution in [0, 0.1) is 0 Å². The van der Waals surface area contributed by atoms with Crippen LogP contribution in [0.5, 0.6) is 17.2 Å². The van der Waals surface area contributed by atoms with Gasteiger partial charge in [0, 0.05) is 18.2 Å². The maximum atomic E-state index is 9.47. The summed E-state index contributed by atoms with van der Waals surface area (Å²) in [5, 5.41) is 9.47. The molecule has 0 spiro atoms. The summed E-state index contributed by atoms with van der Waals surface area (Å²) in [6.45, 7) is 0.481. The Hall–Kier alpha value is -1.46. The highest BCUT2D eigenvalue weighted by molar-refractivity contribution is 5.51. The van der Waals surface area contributed by atoms with Crippen LogP contribution in [0.25, 0.3) is 0 Å². The van der Waals surface area contributed by atoms with Gasteiger partial charge in [-0.05, 0) is 13.0 Å². The second kappa shape index (κ2) is 5.58. The van der Waals surface area contributed by atoms with E-state index in [2.05, 4.69) is 0 Å². The van der Waals surface area contributed by atoms with E-state index >= 15 is 0 Å². The van der Waals surface area contributed by atoms with Crippen LogP contribution in [0.15, 0.2) is 12.1 Å². The molecule has 90 valence electrons. The molecule has 0 saturated carbocycles. The van der Waals surface area contributed by atoms with Crippen molar-refractivity contribution in [3.8, 4) is 17.2 Å². The quantitative estimate of drug-likeness (QED) is 0.689. The fourth-order valence-corrected chi connectivity index (χ4v) is 1.61. The minimum Gasteiger partial charge on any atom is -0.508 e. The van der Waals surface area contributed by atoms with Gasteiger partial charge in [0.15, 0.2) is 0 Å². The first-order valence-electron chi connectivity index (χ1n) is 5.04. The number of ether oxygens (including phenoxy) is 2. The molecule has 0 aliphatic heterocycles. The van der Waals surface area contributed by atoms with E-state index in [0.29, 0.717) is 24.5 Å². The molecule has 0 aromatic heterocycles. The normalized spacial score (nSPS) is 12.2. The lowest BCUT2D eigenvalue weighted by Gasteiger charge is -2.18. The number of phenolic OH excluding ortho intramolecular Hbond substituents is 1. The Morgan fingerprint density at radius 1 is 1.25 bits per heavy atom. The SMILES string of the molecule is COc1cc(O)cc(OC)c1[C@@H](N)CCN. The molecule has 1 aromatic rings. The van der Waals surface area contributed by atoms with Gasteiger partial charge in [0.05, 0.1) is 19.8 Å². The summed E-state index contributed by atoms with van der Waals surface area (Å²) in [5.41, 5.74) is 12.2. The zero-order valence-electron chi connectivity index (χ0n) is 9.56. The summed E-state index contributed by atoms with van der Waals surface area (Å²) in [4.78, 5) is 0. The maximum Gasteiger partial charge on any atom is 0.131 e. The predicted octanol–water partition coefficient (Wildman–Crippen LogP) is 0.758. The van der Waals surface area contributed by atoms with Gasteiger partial charge in [-0.25, -0.2) is 0 Å². The second-order valence-corrected chi connectivity index (χ2v) is 3.45. The van der Waals surface area contributed by atoms with Gasteiger partial charge in [0.2, 0.25) is 0 Å². The van der Waals surface area contributed by atoms with E-state index in [4.69, 9.17) is 20.9 Å². The van der Waals surface area contributed by atoms with Crippen LogP contribution in [0.1, 0.15) is 18.0 Å². The Kier molecular flexibility index (Phi) is 4.39. The third-order valence-corrected chi connectivity index (χ3v) is 2.38. The van der Waals surface area contributed by atoms with Crippen molar-refractivity contribution in [3.05, 3.63) is 17.7 Å². The van der Waals surface area contributed by atoms with Crippen LogP contribution in [0.4, 0.5) is 0 Å². The van der Waals surface area contributed by atoms with Crippen LogP contribution in [0.2, 0.25) is 0 Å². The first-order valence-corrected chi connectivity index (χ1v) is 5.04. The number of phenols is 1. The molecule has 5 N–H and O–H groups in total. The molecule has 1 aromatic carbocycles. The highest BCUT2D eigenvalue weighted by Crippen LogP contribution is 2.37. The van der Waals surface area contributed by atoms with Gasteiger partial charge in [-0.15, -0.1) is 0 Å². The first kappa shape index (κ1) is 12.6. The Bertz CT molecular complexity index is 330. The number of hydrogen-bond donors (Lipinski definition) is 3. The number of aromatic hydroxyl groups is 1. The standard InChI is InChI=1S/C11H18N2O3/c1-15-9-5-7(14)6-10(16-2)11(9)8(13)3-4-12/h5-6,8,14H,3-4,12-13H2,1-2H3/t8-/m0/s1. The van der Waals surface area contributed by atoms with Crippen LogP contribution >= 0.6 is 0 Å². The molecule has 0 aliphatic rings. The summed E-state index contributed by atoms with van der Waals surface area (Å²) in [5.74, 6) is 1.10. The third-order valence-electron chi connectivity index (χ3n) is 2.38. The second-order valence-electron chi connectivity index (χ2n) is 3.45. The molecule has 5 nitrogen and oxygen atoms in total. The molecule has 1 rings (SSSR count). The molecule has 5 heteroatoms. The predicted molar refractivity (Wildman–Crippen MR) is 61.8 cm³/mol. The zero-order chi connectivity index (χ0) is 12.1. The summed E-state index contributed by atoms with van der Waals surface area (Å²) in [6, 6.07) is 2.75. The monoisotopic (exact) mass is 226 g/mol. The van der Waals surface area contributed by atoms with Crippen molar-refractivity contribution in [1.82, 2.24) is 0 Å². The fourth-order valence-electron chi connectivity index (χ4n) is 1.61. The lowest BCUT2D eigenvalue weighted by Crippen LogP contribution is -2.17. The van der Waals surface area contributed by atoms with Crippen molar-refractivity contribution in [2.75, 3.05) is 20.8 Å². The highest BCUT2D eigenvalue weighted by atomic mass is 16.5. The number of methoxy groups -OCH3 is 2. The zero-order valence-corrected chi connectivity index (χ0v) is 9.56. The molecule has 16 heavy (non-hydrogen) atoms. The Balaban J connectivity index is 3.21. The molecular formula is C11H18N2O3. The van der Waals surface area contributed by atoms with Gasteiger partial charge in [-0.1, -0.05) is 0 Å². The van der Waals surface area contributed by atoms with Crippen molar-refractivity contribution in [3.63, 3.8) is 0 Å². The minimum atomic E-state index is -0.268. The smallest absolute Gasteiger partial charge is 0.131 e. The van der Waals surface area contributed by atoms with Crippen molar-refractivity contribution in [2.24, 2.45) is 11.5 Å². The minimum absolute atomic E-state index is 0.0809.